The third-order valence-electron chi connectivity index (χ3n) is 1.06. The van der Waals surface area contributed by atoms with Crippen molar-refractivity contribution < 1.29 is 8.78 Å². The number of pyridine rings is 1. The summed E-state index contributed by atoms with van der Waals surface area (Å²) in [4.78, 5) is 3.50. The van der Waals surface area contributed by atoms with Crippen LogP contribution in [0.3, 0.4) is 0 Å². The molecule has 0 saturated heterocycles. The van der Waals surface area contributed by atoms with Gasteiger partial charge in [0.05, 0.1) is 0 Å². The van der Waals surface area contributed by atoms with E-state index in [0.29, 0.717) is 0 Å². The van der Waals surface area contributed by atoms with E-state index in [2.05, 4.69) is 4.98 Å². The molecule has 1 rings (SSSR count). The van der Waals surface area contributed by atoms with Crippen LogP contribution in [0.4, 0.5) is 14.6 Å². The lowest BCUT2D eigenvalue weighted by molar-refractivity contribution is 0.151. The molecule has 1 aromatic rings. The fraction of sp³-hybridized carbons (Fsp3) is 0.167. The average molecular weight is 181 g/mol. The summed E-state index contributed by atoms with van der Waals surface area (Å²) in [5, 5.41) is 0. The summed E-state index contributed by atoms with van der Waals surface area (Å²) in [6.07, 6.45) is -1.40. The van der Waals surface area contributed by atoms with Crippen LogP contribution in [0.2, 0.25) is 0 Å². The molecule has 62 valence electrons. The molecule has 11 heavy (non-hydrogen) atoms. The first kappa shape index (κ1) is 10.1. The summed E-state index contributed by atoms with van der Waals surface area (Å²) in [6.45, 7) is 0. The minimum atomic E-state index is -2.46. The number of alkyl halides is 2. The van der Waals surface area contributed by atoms with E-state index >= 15 is 0 Å². The van der Waals surface area contributed by atoms with Gasteiger partial charge in [-0.1, -0.05) is 0 Å². The van der Waals surface area contributed by atoms with Gasteiger partial charge in [-0.25, -0.2) is 13.8 Å². The molecule has 0 fully saturated rings. The van der Waals surface area contributed by atoms with Gasteiger partial charge in [0.15, 0.2) is 0 Å². The summed E-state index contributed by atoms with van der Waals surface area (Å²) in [5.41, 5.74) is 5.07. The molecule has 0 aliphatic carbocycles. The number of nitrogen functional groups attached to an aromatic ring is 1. The van der Waals surface area contributed by atoms with Crippen molar-refractivity contribution in [1.29, 1.82) is 0 Å². The monoisotopic (exact) mass is 180 g/mol. The molecule has 2 nitrogen and oxygen atoms in total. The second kappa shape index (κ2) is 4.08. The Morgan fingerprint density at radius 2 is 2.00 bits per heavy atom. The van der Waals surface area contributed by atoms with E-state index < -0.39 is 6.43 Å². The van der Waals surface area contributed by atoms with Crippen LogP contribution in [0.25, 0.3) is 0 Å². The maximum absolute atomic E-state index is 11.8. The molecular formula is C6H7ClF2N2. The first-order valence-corrected chi connectivity index (χ1v) is 2.69. The van der Waals surface area contributed by atoms with Gasteiger partial charge >= 0.3 is 0 Å². The largest absolute Gasteiger partial charge is 0.384 e. The average Bonchev–Trinajstić information content (AvgIpc) is 1.88. The van der Waals surface area contributed by atoms with E-state index in [0.717, 1.165) is 6.20 Å². The predicted molar refractivity (Wildman–Crippen MR) is 40.9 cm³/mol. The van der Waals surface area contributed by atoms with Crippen molar-refractivity contribution in [3.8, 4) is 0 Å². The highest BCUT2D eigenvalue weighted by atomic mass is 35.5. The smallest absolute Gasteiger partial charge is 0.265 e. The summed E-state index contributed by atoms with van der Waals surface area (Å²) in [5.74, 6) is 0.254. The Kier molecular flexibility index (Phi) is 3.74. The minimum Gasteiger partial charge on any atom is -0.384 e. The van der Waals surface area contributed by atoms with E-state index in [1.165, 1.54) is 12.1 Å². The third-order valence-corrected chi connectivity index (χ3v) is 1.06. The van der Waals surface area contributed by atoms with Gasteiger partial charge in [-0.05, 0) is 12.1 Å². The number of rotatable bonds is 1. The second-order valence-electron chi connectivity index (χ2n) is 1.82. The molecule has 0 radical (unpaired) electrons. The van der Waals surface area contributed by atoms with Crippen LogP contribution in [-0.2, 0) is 0 Å². The summed E-state index contributed by atoms with van der Waals surface area (Å²) in [7, 11) is 0. The van der Waals surface area contributed by atoms with Crippen LogP contribution >= 0.6 is 12.4 Å². The summed E-state index contributed by atoms with van der Waals surface area (Å²) < 4.78 is 23.6. The van der Waals surface area contributed by atoms with Crippen LogP contribution in [-0.4, -0.2) is 4.98 Å². The van der Waals surface area contributed by atoms with E-state index in [4.69, 9.17) is 5.73 Å². The van der Waals surface area contributed by atoms with Crippen molar-refractivity contribution in [2.45, 2.75) is 6.43 Å². The number of nitrogens with zero attached hydrogens (tertiary/aromatic N) is 1. The van der Waals surface area contributed by atoms with Gasteiger partial charge in [-0.2, -0.15) is 0 Å². The molecule has 0 spiro atoms. The quantitative estimate of drug-likeness (QED) is 0.718. The van der Waals surface area contributed by atoms with Crippen molar-refractivity contribution in [2.24, 2.45) is 0 Å². The zero-order valence-corrected chi connectivity index (χ0v) is 6.31. The van der Waals surface area contributed by atoms with Gasteiger partial charge in [0.1, 0.15) is 5.82 Å². The van der Waals surface area contributed by atoms with Crippen molar-refractivity contribution in [1.82, 2.24) is 4.98 Å². The third kappa shape index (κ3) is 2.67. The van der Waals surface area contributed by atoms with Crippen LogP contribution < -0.4 is 5.73 Å². The highest BCUT2D eigenvalue weighted by Crippen LogP contribution is 2.17. The standard InChI is InChI=1S/C6H6F2N2.ClH/c7-6(8)4-1-2-5(9)10-3-4;/h1-3,6H,(H2,9,10);1H. The molecule has 0 bridgehead atoms. The Balaban J connectivity index is 0.000001000. The lowest BCUT2D eigenvalue weighted by Crippen LogP contribution is -1.91. The van der Waals surface area contributed by atoms with Crippen molar-refractivity contribution in [3.63, 3.8) is 0 Å². The molecule has 0 atom stereocenters. The Labute approximate surface area is 68.8 Å². The zero-order valence-electron chi connectivity index (χ0n) is 5.50. The van der Waals surface area contributed by atoms with Gasteiger partial charge < -0.3 is 5.73 Å². The van der Waals surface area contributed by atoms with Crippen LogP contribution in [0.1, 0.15) is 12.0 Å². The molecule has 5 heteroatoms. The topological polar surface area (TPSA) is 38.9 Å². The molecule has 1 heterocycles. The molecule has 0 unspecified atom stereocenters. The maximum Gasteiger partial charge on any atom is 0.265 e. The number of aromatic nitrogens is 1. The number of hydrogen-bond donors (Lipinski definition) is 1. The Hall–Kier alpha value is -0.900. The van der Waals surface area contributed by atoms with E-state index in [1.54, 1.807) is 0 Å². The van der Waals surface area contributed by atoms with Crippen LogP contribution in [0.15, 0.2) is 18.3 Å². The van der Waals surface area contributed by atoms with Gasteiger partial charge in [0.25, 0.3) is 6.43 Å². The Morgan fingerprint density at radius 1 is 1.36 bits per heavy atom. The number of anilines is 1. The lowest BCUT2D eigenvalue weighted by Gasteiger charge is -1.96. The van der Waals surface area contributed by atoms with Crippen LogP contribution in [0, 0.1) is 0 Å². The first-order chi connectivity index (χ1) is 4.70. The van der Waals surface area contributed by atoms with Crippen molar-refractivity contribution in [2.75, 3.05) is 5.73 Å². The number of halogens is 3. The molecule has 0 aliphatic rings. The van der Waals surface area contributed by atoms with Gasteiger partial charge in [0, 0.05) is 11.8 Å². The lowest BCUT2D eigenvalue weighted by atomic mass is 10.3. The molecule has 1 aromatic heterocycles. The fourth-order valence-electron chi connectivity index (χ4n) is 0.546. The minimum absolute atomic E-state index is 0. The van der Waals surface area contributed by atoms with Gasteiger partial charge in [-0.15, -0.1) is 12.4 Å². The van der Waals surface area contributed by atoms with Crippen LogP contribution in [0.5, 0.6) is 0 Å². The van der Waals surface area contributed by atoms with Gasteiger partial charge in [0.2, 0.25) is 0 Å². The molecule has 2 N–H and O–H groups in total. The predicted octanol–water partition coefficient (Wildman–Crippen LogP) is 2.02. The number of hydrogen-bond acceptors (Lipinski definition) is 2. The van der Waals surface area contributed by atoms with Crippen molar-refractivity contribution >= 4 is 18.2 Å². The molecule has 0 amide bonds. The van der Waals surface area contributed by atoms with Crippen molar-refractivity contribution in [3.05, 3.63) is 23.9 Å². The number of nitrogens with two attached hydrogens (primary N) is 1. The van der Waals surface area contributed by atoms with E-state index in [-0.39, 0.29) is 23.8 Å². The molecule has 0 aromatic carbocycles. The Morgan fingerprint density at radius 3 is 2.36 bits per heavy atom. The van der Waals surface area contributed by atoms with E-state index in [9.17, 15) is 8.78 Å². The fourth-order valence-corrected chi connectivity index (χ4v) is 0.546. The first-order valence-electron chi connectivity index (χ1n) is 2.69. The van der Waals surface area contributed by atoms with E-state index in [1.807, 2.05) is 0 Å². The maximum atomic E-state index is 11.8. The second-order valence-corrected chi connectivity index (χ2v) is 1.82. The molecular weight excluding hydrogens is 174 g/mol. The van der Waals surface area contributed by atoms with Gasteiger partial charge in [-0.3, -0.25) is 0 Å². The Bertz CT molecular complexity index is 212. The summed E-state index contributed by atoms with van der Waals surface area (Å²) in [6, 6.07) is 2.61. The zero-order chi connectivity index (χ0) is 7.56. The highest BCUT2D eigenvalue weighted by Gasteiger charge is 2.05. The summed E-state index contributed by atoms with van der Waals surface area (Å²) >= 11 is 0. The highest BCUT2D eigenvalue weighted by molar-refractivity contribution is 5.85. The molecule has 0 aliphatic heterocycles. The SMILES string of the molecule is Cl.Nc1ccc(C(F)F)cn1. The molecule has 0 saturated carbocycles. The normalized spacial score (nSPS) is 9.36.